The first kappa shape index (κ1) is 15.0. The number of nitrogen functional groups attached to an aromatic ring is 1. The second-order valence-corrected chi connectivity index (χ2v) is 6.40. The normalized spacial score (nSPS) is 13.5. The average Bonchev–Trinajstić information content (AvgIpc) is 3.08. The van der Waals surface area contributed by atoms with Crippen LogP contribution in [-0.4, -0.2) is 21.1 Å². The minimum atomic E-state index is 0.415. The highest BCUT2D eigenvalue weighted by molar-refractivity contribution is 6.07. The molecule has 1 aliphatic rings. The fraction of sp³-hybridized carbons (Fsp3) is 0.200. The Morgan fingerprint density at radius 1 is 1.12 bits per heavy atom. The molecule has 0 radical (unpaired) electrons. The minimum absolute atomic E-state index is 0.415. The molecule has 130 valence electrons. The number of aromatic nitrogens is 3. The van der Waals surface area contributed by atoms with Crippen molar-refractivity contribution in [3.8, 4) is 11.8 Å². The van der Waals surface area contributed by atoms with E-state index >= 15 is 0 Å². The fourth-order valence-electron chi connectivity index (χ4n) is 3.41. The summed E-state index contributed by atoms with van der Waals surface area (Å²) in [5, 5.41) is 1.01. The van der Waals surface area contributed by atoms with Gasteiger partial charge in [-0.3, -0.25) is 4.57 Å². The molecule has 2 aromatic carbocycles. The third kappa shape index (κ3) is 2.42. The number of ether oxygens (including phenoxy) is 2. The highest BCUT2D eigenvalue weighted by atomic mass is 16.5. The zero-order valence-corrected chi connectivity index (χ0v) is 14.2. The molecule has 0 atom stereocenters. The van der Waals surface area contributed by atoms with Gasteiger partial charge in [0.1, 0.15) is 17.9 Å². The summed E-state index contributed by atoms with van der Waals surface area (Å²) in [4.78, 5) is 9.05. The molecular weight excluding hydrogens is 328 g/mol. The van der Waals surface area contributed by atoms with E-state index in [-0.39, 0.29) is 0 Å². The first-order valence-electron chi connectivity index (χ1n) is 8.68. The van der Waals surface area contributed by atoms with Crippen molar-refractivity contribution in [2.24, 2.45) is 0 Å². The lowest BCUT2D eigenvalue weighted by Crippen LogP contribution is -2.14. The molecule has 0 amide bonds. The van der Waals surface area contributed by atoms with Crippen LogP contribution in [0.4, 0.5) is 5.82 Å². The van der Waals surface area contributed by atoms with Crippen molar-refractivity contribution in [2.75, 3.05) is 12.3 Å². The Labute approximate surface area is 150 Å². The molecule has 4 aromatic rings. The number of rotatable bonds is 3. The number of hydrogen-bond donors (Lipinski definition) is 1. The van der Waals surface area contributed by atoms with Crippen molar-refractivity contribution in [1.82, 2.24) is 14.5 Å². The Hall–Kier alpha value is -3.28. The van der Waals surface area contributed by atoms with Crippen LogP contribution in [0.1, 0.15) is 12.0 Å². The quantitative estimate of drug-likeness (QED) is 0.614. The molecule has 0 fully saturated rings. The van der Waals surface area contributed by atoms with Gasteiger partial charge in [0.2, 0.25) is 0 Å². The summed E-state index contributed by atoms with van der Waals surface area (Å²) in [6.07, 6.45) is 0.959. The summed E-state index contributed by atoms with van der Waals surface area (Å²) in [6, 6.07) is 16.6. The van der Waals surface area contributed by atoms with Gasteiger partial charge in [0.05, 0.1) is 17.6 Å². The van der Waals surface area contributed by atoms with E-state index in [9.17, 15) is 0 Å². The van der Waals surface area contributed by atoms with E-state index < -0.39 is 0 Å². The van der Waals surface area contributed by atoms with E-state index in [0.717, 1.165) is 40.7 Å². The van der Waals surface area contributed by atoms with Gasteiger partial charge in [-0.15, -0.1) is 0 Å². The lowest BCUT2D eigenvalue weighted by atomic mass is 10.1. The number of fused-ring (bicyclic) bond motifs is 5. The second kappa shape index (κ2) is 5.91. The second-order valence-electron chi connectivity index (χ2n) is 6.40. The summed E-state index contributed by atoms with van der Waals surface area (Å²) in [7, 11) is 0. The van der Waals surface area contributed by atoms with Gasteiger partial charge in [0, 0.05) is 18.0 Å². The molecule has 0 saturated carbocycles. The molecule has 0 bridgehead atoms. The van der Waals surface area contributed by atoms with Crippen LogP contribution >= 0.6 is 0 Å². The smallest absolute Gasteiger partial charge is 0.297 e. The highest BCUT2D eigenvalue weighted by Crippen LogP contribution is 2.34. The predicted molar refractivity (Wildman–Crippen MR) is 100 cm³/mol. The maximum atomic E-state index is 6.17. The molecule has 3 heterocycles. The average molecular weight is 346 g/mol. The number of pyridine rings is 1. The number of nitrogens with zero attached hydrogens (tertiary/aromatic N) is 3. The number of hydrogen-bond acceptors (Lipinski definition) is 5. The predicted octanol–water partition coefficient (Wildman–Crippen LogP) is 3.53. The maximum Gasteiger partial charge on any atom is 0.297 e. The van der Waals surface area contributed by atoms with Crippen molar-refractivity contribution in [3.05, 3.63) is 54.1 Å². The van der Waals surface area contributed by atoms with E-state index in [0.29, 0.717) is 30.6 Å². The summed E-state index contributed by atoms with van der Waals surface area (Å²) >= 11 is 0. The van der Waals surface area contributed by atoms with Gasteiger partial charge in [-0.1, -0.05) is 30.3 Å². The highest BCUT2D eigenvalue weighted by Gasteiger charge is 2.20. The van der Waals surface area contributed by atoms with Gasteiger partial charge in [0.25, 0.3) is 6.01 Å². The topological polar surface area (TPSA) is 75.2 Å². The number of benzene rings is 2. The minimum Gasteiger partial charge on any atom is -0.489 e. The van der Waals surface area contributed by atoms with Crippen molar-refractivity contribution < 1.29 is 9.47 Å². The van der Waals surface area contributed by atoms with Crippen molar-refractivity contribution in [3.63, 3.8) is 0 Å². The molecule has 2 N–H and O–H groups in total. The Kier molecular flexibility index (Phi) is 3.41. The Balaban J connectivity index is 1.57. The Bertz CT molecular complexity index is 1110. The molecule has 6 heteroatoms. The van der Waals surface area contributed by atoms with E-state index in [1.807, 2.05) is 48.5 Å². The number of aryl methyl sites for hydroxylation is 1. The number of anilines is 1. The maximum absolute atomic E-state index is 6.17. The summed E-state index contributed by atoms with van der Waals surface area (Å²) in [6.45, 7) is 2.07. The number of nitrogens with two attached hydrogens (primary N) is 1. The first-order chi connectivity index (χ1) is 12.8. The molecule has 0 aliphatic carbocycles. The lowest BCUT2D eigenvalue weighted by molar-refractivity contribution is 0.234. The molecule has 5 rings (SSSR count). The lowest BCUT2D eigenvalue weighted by Gasteiger charge is -2.15. The van der Waals surface area contributed by atoms with E-state index in [4.69, 9.17) is 15.2 Å². The molecular formula is C20H18N4O2. The molecule has 1 aliphatic heterocycles. The fourth-order valence-corrected chi connectivity index (χ4v) is 3.41. The molecule has 26 heavy (non-hydrogen) atoms. The summed E-state index contributed by atoms with van der Waals surface area (Å²) in [5.74, 6) is 1.18. The Morgan fingerprint density at radius 2 is 2.00 bits per heavy atom. The van der Waals surface area contributed by atoms with Crippen LogP contribution in [0.25, 0.3) is 21.9 Å². The van der Waals surface area contributed by atoms with Crippen molar-refractivity contribution in [2.45, 2.75) is 19.6 Å². The van der Waals surface area contributed by atoms with Gasteiger partial charge in [-0.25, -0.2) is 4.98 Å². The molecule has 0 saturated heterocycles. The van der Waals surface area contributed by atoms with Crippen LogP contribution in [0, 0.1) is 0 Å². The summed E-state index contributed by atoms with van der Waals surface area (Å²) < 4.78 is 13.7. The van der Waals surface area contributed by atoms with Gasteiger partial charge in [-0.05, 0) is 24.1 Å². The van der Waals surface area contributed by atoms with Gasteiger partial charge < -0.3 is 15.2 Å². The van der Waals surface area contributed by atoms with Gasteiger partial charge >= 0.3 is 0 Å². The third-order valence-electron chi connectivity index (χ3n) is 4.65. The van der Waals surface area contributed by atoms with Crippen LogP contribution < -0.4 is 15.2 Å². The van der Waals surface area contributed by atoms with Crippen LogP contribution in [0.5, 0.6) is 11.8 Å². The molecule has 2 aromatic heterocycles. The molecule has 6 nitrogen and oxygen atoms in total. The third-order valence-corrected chi connectivity index (χ3v) is 4.65. The SMILES string of the molecule is Nc1nc2cc(OCc3ccccc3)ccc2c2c1nc1n2CCCO1. The zero-order valence-electron chi connectivity index (χ0n) is 14.2. The molecule has 0 spiro atoms. The standard InChI is InChI=1S/C20H18N4O2/c21-19-17-18(24-9-4-10-25-20(24)23-17)15-8-7-14(11-16(15)22-19)26-12-13-5-2-1-3-6-13/h1-3,5-8,11H,4,9-10,12H2,(H2,21,22). The van der Waals surface area contributed by atoms with Crippen LogP contribution in [0.2, 0.25) is 0 Å². The van der Waals surface area contributed by atoms with Crippen LogP contribution in [0.15, 0.2) is 48.5 Å². The first-order valence-corrected chi connectivity index (χ1v) is 8.68. The van der Waals surface area contributed by atoms with Gasteiger partial charge in [0.15, 0.2) is 5.82 Å². The zero-order chi connectivity index (χ0) is 17.5. The van der Waals surface area contributed by atoms with Crippen LogP contribution in [0.3, 0.4) is 0 Å². The van der Waals surface area contributed by atoms with Gasteiger partial charge in [-0.2, -0.15) is 4.98 Å². The van der Waals surface area contributed by atoms with E-state index in [1.165, 1.54) is 0 Å². The monoisotopic (exact) mass is 346 g/mol. The largest absolute Gasteiger partial charge is 0.489 e. The summed E-state index contributed by atoms with van der Waals surface area (Å²) in [5.41, 5.74) is 9.77. The molecule has 0 unspecified atom stereocenters. The van der Waals surface area contributed by atoms with E-state index in [2.05, 4.69) is 14.5 Å². The Morgan fingerprint density at radius 3 is 2.88 bits per heavy atom. The van der Waals surface area contributed by atoms with Crippen molar-refractivity contribution in [1.29, 1.82) is 0 Å². The van der Waals surface area contributed by atoms with Crippen molar-refractivity contribution >= 4 is 27.8 Å². The van der Waals surface area contributed by atoms with Crippen LogP contribution in [-0.2, 0) is 13.2 Å². The van der Waals surface area contributed by atoms with E-state index in [1.54, 1.807) is 0 Å². The number of imidazole rings is 1.